The molecule has 0 saturated carbocycles. The SMILES string of the molecule is Cc1cccc(NC(=S)NNC(=O)Cc2ccc(N3CCCC3=O)cc2)c1C. The zero-order valence-electron chi connectivity index (χ0n) is 16.0. The van der Waals surface area contributed by atoms with Gasteiger partial charge in [0.1, 0.15) is 0 Å². The molecule has 2 amide bonds. The smallest absolute Gasteiger partial charge is 0.242 e. The minimum Gasteiger partial charge on any atom is -0.331 e. The van der Waals surface area contributed by atoms with Crippen LogP contribution in [0.5, 0.6) is 0 Å². The quantitative estimate of drug-likeness (QED) is 0.547. The summed E-state index contributed by atoms with van der Waals surface area (Å²) in [5, 5.41) is 3.41. The fourth-order valence-corrected chi connectivity index (χ4v) is 3.27. The highest BCUT2D eigenvalue weighted by Crippen LogP contribution is 2.21. The molecule has 1 aliphatic heterocycles. The van der Waals surface area contributed by atoms with Crippen molar-refractivity contribution in [2.24, 2.45) is 0 Å². The van der Waals surface area contributed by atoms with Gasteiger partial charge in [0.15, 0.2) is 5.11 Å². The van der Waals surface area contributed by atoms with E-state index < -0.39 is 0 Å². The van der Waals surface area contributed by atoms with E-state index in [1.54, 1.807) is 4.90 Å². The third kappa shape index (κ3) is 4.86. The minimum absolute atomic E-state index is 0.152. The Balaban J connectivity index is 1.48. The summed E-state index contributed by atoms with van der Waals surface area (Å²) in [4.78, 5) is 25.7. The van der Waals surface area contributed by atoms with Crippen LogP contribution in [0.25, 0.3) is 0 Å². The van der Waals surface area contributed by atoms with Crippen molar-refractivity contribution in [3.05, 3.63) is 59.2 Å². The maximum absolute atomic E-state index is 12.2. The topological polar surface area (TPSA) is 73.5 Å². The molecular formula is C21H24N4O2S. The summed E-state index contributed by atoms with van der Waals surface area (Å²) in [6.45, 7) is 4.80. The second-order valence-electron chi connectivity index (χ2n) is 6.87. The summed E-state index contributed by atoms with van der Waals surface area (Å²) in [5.74, 6) is -0.0466. The van der Waals surface area contributed by atoms with Crippen LogP contribution in [0.2, 0.25) is 0 Å². The van der Waals surface area contributed by atoms with Crippen LogP contribution in [0.4, 0.5) is 11.4 Å². The van der Waals surface area contributed by atoms with E-state index in [0.717, 1.165) is 41.0 Å². The fourth-order valence-electron chi connectivity index (χ4n) is 3.11. The maximum atomic E-state index is 12.2. The van der Waals surface area contributed by atoms with E-state index in [0.29, 0.717) is 11.5 Å². The number of amides is 2. The number of rotatable bonds is 4. The van der Waals surface area contributed by atoms with Crippen molar-refractivity contribution >= 4 is 40.5 Å². The molecule has 3 N–H and O–H groups in total. The van der Waals surface area contributed by atoms with Gasteiger partial charge in [0.05, 0.1) is 6.42 Å². The summed E-state index contributed by atoms with van der Waals surface area (Å²) in [5.41, 5.74) is 10.2. The third-order valence-electron chi connectivity index (χ3n) is 4.85. The summed E-state index contributed by atoms with van der Waals surface area (Å²) >= 11 is 5.24. The molecule has 0 spiro atoms. The second-order valence-corrected chi connectivity index (χ2v) is 7.28. The van der Waals surface area contributed by atoms with E-state index in [9.17, 15) is 9.59 Å². The number of nitrogens with one attached hydrogen (secondary N) is 3. The van der Waals surface area contributed by atoms with Gasteiger partial charge < -0.3 is 10.2 Å². The van der Waals surface area contributed by atoms with E-state index >= 15 is 0 Å². The number of thiocarbonyl (C=S) groups is 1. The van der Waals surface area contributed by atoms with Crippen LogP contribution in [0.1, 0.15) is 29.5 Å². The van der Waals surface area contributed by atoms with E-state index in [1.807, 2.05) is 56.3 Å². The van der Waals surface area contributed by atoms with E-state index in [2.05, 4.69) is 16.2 Å². The van der Waals surface area contributed by atoms with Crippen LogP contribution in [0.15, 0.2) is 42.5 Å². The first-order valence-corrected chi connectivity index (χ1v) is 9.66. The van der Waals surface area contributed by atoms with Gasteiger partial charge in [-0.2, -0.15) is 0 Å². The lowest BCUT2D eigenvalue weighted by Gasteiger charge is -2.16. The van der Waals surface area contributed by atoms with Crippen LogP contribution in [0, 0.1) is 13.8 Å². The predicted octanol–water partition coefficient (Wildman–Crippen LogP) is 2.99. The highest BCUT2D eigenvalue weighted by atomic mass is 32.1. The molecule has 1 fully saturated rings. The molecule has 28 heavy (non-hydrogen) atoms. The second kappa shape index (κ2) is 8.84. The van der Waals surface area contributed by atoms with Crippen LogP contribution in [-0.4, -0.2) is 23.5 Å². The van der Waals surface area contributed by atoms with Crippen molar-refractivity contribution in [1.29, 1.82) is 0 Å². The van der Waals surface area contributed by atoms with E-state index in [-0.39, 0.29) is 18.2 Å². The van der Waals surface area contributed by atoms with Crippen molar-refractivity contribution in [3.63, 3.8) is 0 Å². The van der Waals surface area contributed by atoms with Gasteiger partial charge >= 0.3 is 0 Å². The molecule has 3 rings (SSSR count). The highest BCUT2D eigenvalue weighted by molar-refractivity contribution is 7.80. The number of hydrogen-bond donors (Lipinski definition) is 3. The molecule has 0 unspecified atom stereocenters. The third-order valence-corrected chi connectivity index (χ3v) is 5.06. The fraction of sp³-hybridized carbons (Fsp3) is 0.286. The number of benzene rings is 2. The van der Waals surface area contributed by atoms with Crippen LogP contribution >= 0.6 is 12.2 Å². The molecule has 1 saturated heterocycles. The van der Waals surface area contributed by atoms with Crippen molar-refractivity contribution in [3.8, 4) is 0 Å². The molecule has 0 bridgehead atoms. The standard InChI is InChI=1S/C21H24N4O2S/c1-14-5-3-6-18(15(14)2)22-21(28)24-23-19(26)13-16-8-10-17(11-9-16)25-12-4-7-20(25)27/h3,5-6,8-11H,4,7,12-13H2,1-2H3,(H,23,26)(H2,22,24,28). The maximum Gasteiger partial charge on any atom is 0.242 e. The molecule has 1 heterocycles. The molecule has 2 aromatic rings. The molecule has 1 aliphatic rings. The Morgan fingerprint density at radius 3 is 2.54 bits per heavy atom. The van der Waals surface area contributed by atoms with E-state index in [4.69, 9.17) is 12.2 Å². The Morgan fingerprint density at radius 2 is 1.86 bits per heavy atom. The number of aryl methyl sites for hydroxylation is 1. The van der Waals surface area contributed by atoms with Gasteiger partial charge in [-0.3, -0.25) is 20.4 Å². The summed E-state index contributed by atoms with van der Waals surface area (Å²) in [6.07, 6.45) is 1.71. The summed E-state index contributed by atoms with van der Waals surface area (Å²) in [6, 6.07) is 13.4. The number of anilines is 2. The normalized spacial score (nSPS) is 13.4. The Kier molecular flexibility index (Phi) is 6.26. The van der Waals surface area contributed by atoms with Gasteiger partial charge in [-0.1, -0.05) is 24.3 Å². The molecule has 6 nitrogen and oxygen atoms in total. The molecule has 7 heteroatoms. The average Bonchev–Trinajstić information content (AvgIpc) is 3.10. The summed E-state index contributed by atoms with van der Waals surface area (Å²) < 4.78 is 0. The zero-order chi connectivity index (χ0) is 20.1. The molecular weight excluding hydrogens is 372 g/mol. The molecule has 0 atom stereocenters. The number of carbonyl (C=O) groups excluding carboxylic acids is 2. The van der Waals surface area contributed by atoms with Gasteiger partial charge in [0.25, 0.3) is 0 Å². The van der Waals surface area contributed by atoms with Crippen molar-refractivity contribution in [2.45, 2.75) is 33.1 Å². The van der Waals surface area contributed by atoms with Gasteiger partial charge in [0, 0.05) is 24.3 Å². The first-order chi connectivity index (χ1) is 13.4. The van der Waals surface area contributed by atoms with Gasteiger partial charge in [-0.25, -0.2) is 0 Å². The largest absolute Gasteiger partial charge is 0.331 e. The molecule has 0 radical (unpaired) electrons. The predicted molar refractivity (Wildman–Crippen MR) is 115 cm³/mol. The van der Waals surface area contributed by atoms with Crippen molar-refractivity contribution in [2.75, 3.05) is 16.8 Å². The Labute approximate surface area is 170 Å². The number of nitrogens with zero attached hydrogens (tertiary/aromatic N) is 1. The number of hydrogen-bond acceptors (Lipinski definition) is 3. The van der Waals surface area contributed by atoms with Gasteiger partial charge in [-0.15, -0.1) is 0 Å². The number of carbonyl (C=O) groups is 2. The van der Waals surface area contributed by atoms with Crippen LogP contribution in [-0.2, 0) is 16.0 Å². The molecule has 0 aromatic heterocycles. The first kappa shape index (κ1) is 19.8. The van der Waals surface area contributed by atoms with Crippen LogP contribution in [0.3, 0.4) is 0 Å². The monoisotopic (exact) mass is 396 g/mol. The van der Waals surface area contributed by atoms with Crippen molar-refractivity contribution < 1.29 is 9.59 Å². The Hall–Kier alpha value is -2.93. The Morgan fingerprint density at radius 1 is 1.11 bits per heavy atom. The zero-order valence-corrected chi connectivity index (χ0v) is 16.9. The summed E-state index contributed by atoms with van der Waals surface area (Å²) in [7, 11) is 0. The van der Waals surface area contributed by atoms with Gasteiger partial charge in [-0.05, 0) is 67.4 Å². The van der Waals surface area contributed by atoms with Crippen molar-refractivity contribution in [1.82, 2.24) is 10.9 Å². The minimum atomic E-state index is -0.199. The molecule has 146 valence electrons. The first-order valence-electron chi connectivity index (χ1n) is 9.25. The Bertz CT molecular complexity index is 896. The lowest BCUT2D eigenvalue weighted by Crippen LogP contribution is -2.44. The van der Waals surface area contributed by atoms with Crippen LogP contribution < -0.4 is 21.1 Å². The van der Waals surface area contributed by atoms with E-state index in [1.165, 1.54) is 0 Å². The highest BCUT2D eigenvalue weighted by Gasteiger charge is 2.21. The molecule has 0 aliphatic carbocycles. The molecule has 2 aromatic carbocycles. The average molecular weight is 397 g/mol. The lowest BCUT2D eigenvalue weighted by molar-refractivity contribution is -0.121. The van der Waals surface area contributed by atoms with Gasteiger partial charge in [0.2, 0.25) is 11.8 Å². The number of hydrazine groups is 1. The lowest BCUT2D eigenvalue weighted by atomic mass is 10.1.